The summed E-state index contributed by atoms with van der Waals surface area (Å²) in [6.07, 6.45) is -2.73. The van der Waals surface area contributed by atoms with Gasteiger partial charge < -0.3 is 10.6 Å². The molecule has 172 valence electrons. The zero-order chi connectivity index (χ0) is 23.9. The van der Waals surface area contributed by atoms with Crippen LogP contribution in [0.15, 0.2) is 84.1 Å². The molecule has 0 unspecified atom stereocenters. The van der Waals surface area contributed by atoms with Crippen molar-refractivity contribution < 1.29 is 22.8 Å². The van der Waals surface area contributed by atoms with Gasteiger partial charge in [-0.1, -0.05) is 42.5 Å². The molecule has 1 atom stereocenters. The molecule has 0 saturated heterocycles. The van der Waals surface area contributed by atoms with Crippen LogP contribution in [0, 0.1) is 0 Å². The Balaban J connectivity index is 1.55. The summed E-state index contributed by atoms with van der Waals surface area (Å²) in [6, 6.07) is 18.4. The van der Waals surface area contributed by atoms with E-state index in [4.69, 9.17) is 0 Å². The molecular weight excluding hydrogens is 441 g/mol. The first-order valence-corrected chi connectivity index (χ1v) is 11.0. The van der Waals surface area contributed by atoms with E-state index in [1.54, 1.807) is 42.5 Å². The number of nitrogens with one attached hydrogen (secondary N) is 2. The molecule has 0 fully saturated rings. The molecule has 0 amide bonds. The molecule has 1 aliphatic carbocycles. The highest BCUT2D eigenvalue weighted by atomic mass is 19.4. The van der Waals surface area contributed by atoms with E-state index >= 15 is 0 Å². The Morgan fingerprint density at radius 3 is 2.29 bits per heavy atom. The molecule has 5 rings (SSSR count). The summed E-state index contributed by atoms with van der Waals surface area (Å²) in [5.41, 5.74) is 3.47. The molecule has 1 heterocycles. The molecule has 7 heteroatoms. The molecule has 3 aromatic carbocycles. The van der Waals surface area contributed by atoms with Crippen molar-refractivity contribution in [2.75, 3.05) is 10.6 Å². The van der Waals surface area contributed by atoms with Gasteiger partial charge in [0.15, 0.2) is 11.6 Å². The molecule has 1 aliphatic heterocycles. The van der Waals surface area contributed by atoms with Crippen LogP contribution in [0.1, 0.15) is 52.4 Å². The van der Waals surface area contributed by atoms with Gasteiger partial charge >= 0.3 is 6.18 Å². The van der Waals surface area contributed by atoms with E-state index in [0.717, 1.165) is 17.8 Å². The third-order valence-electron chi connectivity index (χ3n) is 6.22. The first-order valence-electron chi connectivity index (χ1n) is 11.0. The first kappa shape index (κ1) is 21.9. The first-order chi connectivity index (χ1) is 16.3. The number of carbonyl (C=O) groups is 2. The quantitative estimate of drug-likeness (QED) is 0.435. The number of halogens is 3. The summed E-state index contributed by atoms with van der Waals surface area (Å²) in [7, 11) is 0. The number of benzene rings is 3. The molecule has 0 radical (unpaired) electrons. The predicted molar refractivity (Wildman–Crippen MR) is 124 cm³/mol. The summed E-state index contributed by atoms with van der Waals surface area (Å²) < 4.78 is 39.2. The monoisotopic (exact) mass is 462 g/mol. The summed E-state index contributed by atoms with van der Waals surface area (Å²) in [5.74, 6) is -0.165. The second kappa shape index (κ2) is 8.48. The van der Waals surface area contributed by atoms with Crippen molar-refractivity contribution in [1.82, 2.24) is 0 Å². The third-order valence-corrected chi connectivity index (χ3v) is 6.22. The molecule has 0 bridgehead atoms. The van der Waals surface area contributed by atoms with E-state index in [9.17, 15) is 22.8 Å². The lowest BCUT2D eigenvalue weighted by molar-refractivity contribution is -0.137. The van der Waals surface area contributed by atoms with Gasteiger partial charge in [0.2, 0.25) is 0 Å². The molecule has 2 N–H and O–H groups in total. The van der Waals surface area contributed by atoms with Gasteiger partial charge in [0.1, 0.15) is 0 Å². The van der Waals surface area contributed by atoms with E-state index in [1.165, 1.54) is 12.1 Å². The molecular formula is C27H21F3N2O2. The Morgan fingerprint density at radius 2 is 1.59 bits per heavy atom. The van der Waals surface area contributed by atoms with Crippen molar-refractivity contribution in [1.29, 1.82) is 0 Å². The smallest absolute Gasteiger partial charge is 0.372 e. The second-order valence-electron chi connectivity index (χ2n) is 8.45. The Hall–Kier alpha value is -3.87. The SMILES string of the molecule is O=C1CCCC2=C1[C@H](c1ccc(C(F)(F)F)cc1)Nc1ccc(C(=O)c3ccccc3)cc1N2. The van der Waals surface area contributed by atoms with Gasteiger partial charge in [-0.05, 0) is 48.7 Å². The van der Waals surface area contributed by atoms with E-state index in [1.807, 2.05) is 6.07 Å². The maximum Gasteiger partial charge on any atom is 0.416 e. The topological polar surface area (TPSA) is 58.2 Å². The molecule has 3 aromatic rings. The number of hydrogen-bond acceptors (Lipinski definition) is 4. The number of carbonyl (C=O) groups excluding carboxylic acids is 2. The maximum absolute atomic E-state index is 13.1. The van der Waals surface area contributed by atoms with E-state index < -0.39 is 17.8 Å². The van der Waals surface area contributed by atoms with E-state index in [0.29, 0.717) is 52.9 Å². The van der Waals surface area contributed by atoms with Gasteiger partial charge in [-0.3, -0.25) is 9.59 Å². The second-order valence-corrected chi connectivity index (χ2v) is 8.45. The number of fused-ring (bicyclic) bond motifs is 1. The highest BCUT2D eigenvalue weighted by Crippen LogP contribution is 2.41. The zero-order valence-electron chi connectivity index (χ0n) is 18.1. The fourth-order valence-electron chi connectivity index (χ4n) is 4.50. The third kappa shape index (κ3) is 4.09. The van der Waals surface area contributed by atoms with Gasteiger partial charge in [-0.2, -0.15) is 13.2 Å². The number of rotatable bonds is 3. The fraction of sp³-hybridized carbons (Fsp3) is 0.185. The Kier molecular flexibility index (Phi) is 5.48. The summed E-state index contributed by atoms with van der Waals surface area (Å²) in [5, 5.41) is 6.67. The molecule has 0 saturated carbocycles. The lowest BCUT2D eigenvalue weighted by atomic mass is 9.86. The molecule has 2 aliphatic rings. The van der Waals surface area contributed by atoms with E-state index in [2.05, 4.69) is 10.6 Å². The van der Waals surface area contributed by atoms with E-state index in [-0.39, 0.29) is 11.6 Å². The number of alkyl halides is 3. The minimum absolute atomic E-state index is 0.0421. The molecule has 0 aromatic heterocycles. The van der Waals surface area contributed by atoms with Crippen LogP contribution >= 0.6 is 0 Å². The van der Waals surface area contributed by atoms with Crippen LogP contribution in [0.2, 0.25) is 0 Å². The molecule has 34 heavy (non-hydrogen) atoms. The lowest BCUT2D eigenvalue weighted by Gasteiger charge is -2.25. The Bertz CT molecular complexity index is 1300. The Morgan fingerprint density at radius 1 is 0.853 bits per heavy atom. The minimum atomic E-state index is -4.43. The fourth-order valence-corrected chi connectivity index (χ4v) is 4.50. The normalized spacial score (nSPS) is 17.7. The molecule has 0 spiro atoms. The van der Waals surface area contributed by atoms with Crippen LogP contribution in [-0.2, 0) is 11.0 Å². The number of allylic oxidation sites excluding steroid dienone is 1. The maximum atomic E-state index is 13.1. The van der Waals surface area contributed by atoms with Crippen molar-refractivity contribution in [2.24, 2.45) is 0 Å². The highest BCUT2D eigenvalue weighted by Gasteiger charge is 2.34. The van der Waals surface area contributed by atoms with Crippen molar-refractivity contribution in [2.45, 2.75) is 31.5 Å². The number of Topliss-reactive ketones (excluding diaryl/α,β-unsaturated/α-hetero) is 1. The Labute approximate surface area is 194 Å². The van der Waals surface area contributed by atoms with Crippen LogP contribution in [-0.4, -0.2) is 11.6 Å². The average Bonchev–Trinajstić information content (AvgIpc) is 3.00. The standard InChI is InChI=1S/C27H21F3N2O2/c28-27(29,30)19-12-9-16(10-13-19)25-24-21(7-4-8-23(24)33)31-22-15-18(11-14-20(22)32-25)26(34)17-5-2-1-3-6-17/h1-3,5-6,9-15,25,31-32H,4,7-8H2/t25-/m0/s1. The molecule has 4 nitrogen and oxygen atoms in total. The predicted octanol–water partition coefficient (Wildman–Crippen LogP) is 6.52. The summed E-state index contributed by atoms with van der Waals surface area (Å²) in [4.78, 5) is 25.9. The lowest BCUT2D eigenvalue weighted by Crippen LogP contribution is -2.23. The number of hydrogen-bond donors (Lipinski definition) is 2. The number of ketones is 2. The van der Waals surface area contributed by atoms with Crippen molar-refractivity contribution in [3.63, 3.8) is 0 Å². The summed E-state index contributed by atoms with van der Waals surface area (Å²) >= 11 is 0. The van der Waals surface area contributed by atoms with Gasteiger partial charge in [-0.15, -0.1) is 0 Å². The van der Waals surface area contributed by atoms with Crippen LogP contribution in [0.5, 0.6) is 0 Å². The minimum Gasteiger partial charge on any atom is -0.372 e. The largest absolute Gasteiger partial charge is 0.416 e. The summed E-state index contributed by atoms with van der Waals surface area (Å²) in [6.45, 7) is 0. The van der Waals surface area contributed by atoms with Crippen LogP contribution in [0.25, 0.3) is 0 Å². The highest BCUT2D eigenvalue weighted by molar-refractivity contribution is 6.10. The number of anilines is 2. The van der Waals surface area contributed by atoms with Crippen molar-refractivity contribution in [3.05, 3.63) is 106 Å². The van der Waals surface area contributed by atoms with Crippen LogP contribution in [0.4, 0.5) is 24.5 Å². The van der Waals surface area contributed by atoms with Gasteiger partial charge in [0.25, 0.3) is 0 Å². The van der Waals surface area contributed by atoms with Gasteiger partial charge in [0.05, 0.1) is 23.0 Å². The van der Waals surface area contributed by atoms with Crippen molar-refractivity contribution in [3.8, 4) is 0 Å². The van der Waals surface area contributed by atoms with Crippen LogP contribution < -0.4 is 10.6 Å². The van der Waals surface area contributed by atoms with Crippen LogP contribution in [0.3, 0.4) is 0 Å². The zero-order valence-corrected chi connectivity index (χ0v) is 18.1. The van der Waals surface area contributed by atoms with Crippen molar-refractivity contribution >= 4 is 22.9 Å². The van der Waals surface area contributed by atoms with Gasteiger partial charge in [-0.25, -0.2) is 0 Å². The van der Waals surface area contributed by atoms with Gasteiger partial charge in [0, 0.05) is 28.8 Å². The average molecular weight is 462 g/mol.